The molecule has 1 fully saturated rings. The van der Waals surface area contributed by atoms with Gasteiger partial charge in [-0.3, -0.25) is 4.79 Å². The molecule has 1 aliphatic carbocycles. The molecule has 0 atom stereocenters. The van der Waals surface area contributed by atoms with Crippen LogP contribution in [0.25, 0.3) is 0 Å². The van der Waals surface area contributed by atoms with Crippen LogP contribution in [-0.2, 0) is 19.6 Å². The van der Waals surface area contributed by atoms with Crippen molar-refractivity contribution in [3.05, 3.63) is 34.7 Å². The molecule has 3 rings (SSSR count). The van der Waals surface area contributed by atoms with E-state index in [4.69, 9.17) is 16.3 Å². The number of aliphatic hydroxyl groups excluding tert-OH is 1. The van der Waals surface area contributed by atoms with Crippen LogP contribution in [0, 0.1) is 0 Å². The van der Waals surface area contributed by atoms with E-state index in [0.717, 1.165) is 0 Å². The molecule has 0 spiro atoms. The first kappa shape index (κ1) is 19.0. The second kappa shape index (κ2) is 7.83. The molecule has 1 aromatic rings. The van der Waals surface area contributed by atoms with Gasteiger partial charge in [0.1, 0.15) is 11.4 Å². The lowest BCUT2D eigenvalue weighted by Gasteiger charge is -2.26. The van der Waals surface area contributed by atoms with Gasteiger partial charge in [-0.05, 0) is 24.6 Å². The summed E-state index contributed by atoms with van der Waals surface area (Å²) in [5, 5.41) is 17.7. The third-order valence-corrected chi connectivity index (χ3v) is 6.35. The van der Waals surface area contributed by atoms with Crippen LogP contribution >= 0.6 is 11.6 Å². The molecule has 0 unspecified atom stereocenters. The standard InChI is InChI=1S/C16H18ClN3O5S/c17-12-5-4-11(26(23,24)20-6-8-25-9-7-20)10-13(12)18-19-16-14(21)2-1-3-15(16)22/h4-5,10,21H,1-3,6-9H2. The average molecular weight is 400 g/mol. The van der Waals surface area contributed by atoms with Crippen LogP contribution in [-0.4, -0.2) is 49.9 Å². The van der Waals surface area contributed by atoms with Crippen LogP contribution in [0.4, 0.5) is 5.69 Å². The Hall–Kier alpha value is -1.81. The minimum absolute atomic E-state index is 0.0333. The number of hydrogen-bond acceptors (Lipinski definition) is 7. The Labute approximate surface area is 156 Å². The quantitative estimate of drug-likeness (QED) is 0.783. The Morgan fingerprint density at radius 3 is 2.58 bits per heavy atom. The zero-order valence-corrected chi connectivity index (χ0v) is 15.5. The van der Waals surface area contributed by atoms with Crippen molar-refractivity contribution in [2.24, 2.45) is 10.2 Å². The number of halogens is 1. The van der Waals surface area contributed by atoms with Gasteiger partial charge in [-0.25, -0.2) is 8.42 Å². The van der Waals surface area contributed by atoms with Crippen molar-refractivity contribution in [3.63, 3.8) is 0 Å². The van der Waals surface area contributed by atoms with E-state index in [1.807, 2.05) is 0 Å². The van der Waals surface area contributed by atoms with Gasteiger partial charge in [0.05, 0.1) is 23.1 Å². The van der Waals surface area contributed by atoms with Crippen LogP contribution in [0.3, 0.4) is 0 Å². The zero-order valence-electron chi connectivity index (χ0n) is 13.9. The van der Waals surface area contributed by atoms with E-state index in [2.05, 4.69) is 10.2 Å². The highest BCUT2D eigenvalue weighted by molar-refractivity contribution is 7.89. The van der Waals surface area contributed by atoms with Crippen LogP contribution in [0.1, 0.15) is 19.3 Å². The van der Waals surface area contributed by atoms with E-state index in [0.29, 0.717) is 26.1 Å². The molecule has 8 nitrogen and oxygen atoms in total. The summed E-state index contributed by atoms with van der Waals surface area (Å²) in [6, 6.07) is 4.12. The van der Waals surface area contributed by atoms with Gasteiger partial charge in [0.2, 0.25) is 10.0 Å². The van der Waals surface area contributed by atoms with Crippen molar-refractivity contribution in [2.75, 3.05) is 26.3 Å². The third kappa shape index (κ3) is 3.96. The molecule has 0 aromatic heterocycles. The summed E-state index contributed by atoms with van der Waals surface area (Å²) in [5.74, 6) is -0.413. The van der Waals surface area contributed by atoms with Gasteiger partial charge in [-0.2, -0.15) is 4.31 Å². The monoisotopic (exact) mass is 399 g/mol. The predicted molar refractivity (Wildman–Crippen MR) is 94.1 cm³/mol. The van der Waals surface area contributed by atoms with Gasteiger partial charge in [0.25, 0.3) is 0 Å². The van der Waals surface area contributed by atoms with E-state index >= 15 is 0 Å². The molecule has 0 bridgehead atoms. The lowest BCUT2D eigenvalue weighted by Crippen LogP contribution is -2.40. The molecule has 0 saturated carbocycles. The minimum atomic E-state index is -3.70. The topological polar surface area (TPSA) is 109 Å². The molecular weight excluding hydrogens is 382 g/mol. The van der Waals surface area contributed by atoms with Crippen LogP contribution in [0.5, 0.6) is 0 Å². The lowest BCUT2D eigenvalue weighted by atomic mass is 10.0. The van der Waals surface area contributed by atoms with Crippen molar-refractivity contribution < 1.29 is 23.1 Å². The highest BCUT2D eigenvalue weighted by atomic mass is 35.5. The number of ether oxygens (including phenoxy) is 1. The average Bonchev–Trinajstić information content (AvgIpc) is 2.63. The fourth-order valence-electron chi connectivity index (χ4n) is 2.70. The molecule has 1 heterocycles. The molecule has 1 saturated heterocycles. The van der Waals surface area contributed by atoms with Crippen LogP contribution < -0.4 is 0 Å². The molecule has 0 amide bonds. The van der Waals surface area contributed by atoms with E-state index in [9.17, 15) is 18.3 Å². The third-order valence-electron chi connectivity index (χ3n) is 4.14. The number of allylic oxidation sites excluding steroid dienone is 2. The van der Waals surface area contributed by atoms with Crippen molar-refractivity contribution in [3.8, 4) is 0 Å². The summed E-state index contributed by atoms with van der Waals surface area (Å²) in [6.45, 7) is 1.23. The normalized spacial score (nSPS) is 20.1. The van der Waals surface area contributed by atoms with Gasteiger partial charge in [-0.15, -0.1) is 10.2 Å². The first-order valence-corrected chi connectivity index (χ1v) is 9.96. The van der Waals surface area contributed by atoms with Gasteiger partial charge in [0.15, 0.2) is 11.5 Å². The highest BCUT2D eigenvalue weighted by Gasteiger charge is 2.27. The number of Topliss-reactive ketones (excluding diaryl/α,β-unsaturated/α-hetero) is 1. The maximum Gasteiger partial charge on any atom is 0.243 e. The molecule has 10 heteroatoms. The number of carbonyl (C=O) groups excluding carboxylic acids is 1. The molecule has 1 aliphatic heterocycles. The largest absolute Gasteiger partial charge is 0.510 e. The number of nitrogens with zero attached hydrogens (tertiary/aromatic N) is 3. The van der Waals surface area contributed by atoms with E-state index < -0.39 is 10.0 Å². The van der Waals surface area contributed by atoms with E-state index in [1.165, 1.54) is 22.5 Å². The molecule has 0 radical (unpaired) electrons. The molecule has 1 N–H and O–H groups in total. The molecule has 1 aromatic carbocycles. The minimum Gasteiger partial charge on any atom is -0.510 e. The SMILES string of the molecule is O=C1CCCC(O)=C1N=Nc1cc(S(=O)(=O)N2CCOCC2)ccc1Cl. The fourth-order valence-corrected chi connectivity index (χ4v) is 4.28. The Balaban J connectivity index is 1.91. The Bertz CT molecular complexity index is 876. The smallest absolute Gasteiger partial charge is 0.243 e. The number of aliphatic hydroxyl groups is 1. The predicted octanol–water partition coefficient (Wildman–Crippen LogP) is 2.97. The fraction of sp³-hybridized carbons (Fsp3) is 0.438. The maximum atomic E-state index is 12.7. The lowest BCUT2D eigenvalue weighted by molar-refractivity contribution is -0.116. The maximum absolute atomic E-state index is 12.7. The molecule has 2 aliphatic rings. The van der Waals surface area contributed by atoms with Crippen molar-refractivity contribution in [1.29, 1.82) is 0 Å². The molecule has 26 heavy (non-hydrogen) atoms. The number of ketones is 1. The van der Waals surface area contributed by atoms with E-state index in [-0.39, 0.29) is 52.4 Å². The number of hydrogen-bond donors (Lipinski definition) is 1. The number of azo groups is 1. The van der Waals surface area contributed by atoms with Gasteiger partial charge >= 0.3 is 0 Å². The Morgan fingerprint density at radius 2 is 1.88 bits per heavy atom. The second-order valence-corrected chi connectivity index (χ2v) is 8.25. The number of sulfonamides is 1. The van der Waals surface area contributed by atoms with Crippen LogP contribution in [0.15, 0.2) is 44.8 Å². The zero-order chi connectivity index (χ0) is 18.7. The Morgan fingerprint density at radius 1 is 1.15 bits per heavy atom. The summed E-state index contributed by atoms with van der Waals surface area (Å²) in [4.78, 5) is 11.9. The number of benzene rings is 1. The first-order valence-electron chi connectivity index (χ1n) is 8.14. The highest BCUT2D eigenvalue weighted by Crippen LogP contribution is 2.31. The Kier molecular flexibility index (Phi) is 5.71. The van der Waals surface area contributed by atoms with Crippen molar-refractivity contribution >= 4 is 33.1 Å². The summed E-state index contributed by atoms with van der Waals surface area (Å²) in [6.07, 6.45) is 1.22. The summed E-state index contributed by atoms with van der Waals surface area (Å²) < 4.78 is 31.9. The summed E-state index contributed by atoms with van der Waals surface area (Å²) in [5.41, 5.74) is 0.00781. The first-order chi connectivity index (χ1) is 12.4. The number of morpholine rings is 1. The summed E-state index contributed by atoms with van der Waals surface area (Å²) >= 11 is 6.08. The molecule has 140 valence electrons. The summed E-state index contributed by atoms with van der Waals surface area (Å²) in [7, 11) is -3.70. The number of rotatable bonds is 4. The second-order valence-electron chi connectivity index (χ2n) is 5.90. The van der Waals surface area contributed by atoms with Gasteiger partial charge < -0.3 is 9.84 Å². The van der Waals surface area contributed by atoms with Crippen molar-refractivity contribution in [1.82, 2.24) is 4.31 Å². The van der Waals surface area contributed by atoms with E-state index in [1.54, 1.807) is 0 Å². The van der Waals surface area contributed by atoms with Crippen molar-refractivity contribution in [2.45, 2.75) is 24.2 Å². The van der Waals surface area contributed by atoms with Gasteiger partial charge in [0, 0.05) is 25.9 Å². The number of carbonyl (C=O) groups is 1. The molecular formula is C16H18ClN3O5S. The van der Waals surface area contributed by atoms with Crippen LogP contribution in [0.2, 0.25) is 5.02 Å². The van der Waals surface area contributed by atoms with Gasteiger partial charge in [-0.1, -0.05) is 11.6 Å².